The average Bonchev–Trinajstić information content (AvgIpc) is 2.30. The molecule has 4 heteroatoms. The van der Waals surface area contributed by atoms with Crippen molar-refractivity contribution in [3.05, 3.63) is 36.7 Å². The Balaban J connectivity index is 2.42. The summed E-state index contributed by atoms with van der Waals surface area (Å²) in [5.74, 6) is 1.17. The van der Waals surface area contributed by atoms with Crippen LogP contribution in [0.15, 0.2) is 36.7 Å². The molecule has 0 aliphatic heterocycles. The molecule has 0 unspecified atom stereocenters. The summed E-state index contributed by atoms with van der Waals surface area (Å²) < 4.78 is 5.01. The molecule has 2 aromatic rings. The second kappa shape index (κ2) is 3.83. The quantitative estimate of drug-likeness (QED) is 0.715. The fraction of sp³-hybridized carbons (Fsp3) is 0.100. The zero-order valence-corrected chi connectivity index (χ0v) is 7.71. The first-order chi connectivity index (χ1) is 6.90. The SMILES string of the molecule is COc1cccc(-c2ncccn2)n1. The predicted molar refractivity (Wildman–Crippen MR) is 51.8 cm³/mol. The van der Waals surface area contributed by atoms with Gasteiger partial charge in [-0.2, -0.15) is 0 Å². The normalized spacial score (nSPS) is 9.79. The Morgan fingerprint density at radius 1 is 1.07 bits per heavy atom. The van der Waals surface area contributed by atoms with Crippen molar-refractivity contribution in [1.82, 2.24) is 15.0 Å². The maximum absolute atomic E-state index is 5.01. The summed E-state index contributed by atoms with van der Waals surface area (Å²) in [4.78, 5) is 12.4. The maximum atomic E-state index is 5.01. The maximum Gasteiger partial charge on any atom is 0.213 e. The molecule has 0 bridgehead atoms. The van der Waals surface area contributed by atoms with Crippen molar-refractivity contribution in [2.45, 2.75) is 0 Å². The molecule has 14 heavy (non-hydrogen) atoms. The highest BCUT2D eigenvalue weighted by Crippen LogP contribution is 2.14. The fourth-order valence-corrected chi connectivity index (χ4v) is 1.08. The smallest absolute Gasteiger partial charge is 0.213 e. The van der Waals surface area contributed by atoms with Crippen molar-refractivity contribution >= 4 is 0 Å². The summed E-state index contributed by atoms with van der Waals surface area (Å²) in [5.41, 5.74) is 0.713. The van der Waals surface area contributed by atoms with Crippen LogP contribution in [0.2, 0.25) is 0 Å². The number of methoxy groups -OCH3 is 1. The molecule has 0 saturated heterocycles. The van der Waals surface area contributed by atoms with E-state index in [9.17, 15) is 0 Å². The van der Waals surface area contributed by atoms with Crippen LogP contribution >= 0.6 is 0 Å². The molecular weight excluding hydrogens is 178 g/mol. The van der Waals surface area contributed by atoms with E-state index in [4.69, 9.17) is 4.74 Å². The van der Waals surface area contributed by atoms with E-state index >= 15 is 0 Å². The molecule has 0 fully saturated rings. The summed E-state index contributed by atoms with van der Waals surface area (Å²) in [7, 11) is 1.58. The summed E-state index contributed by atoms with van der Waals surface area (Å²) in [6.45, 7) is 0. The van der Waals surface area contributed by atoms with Gasteiger partial charge in [-0.15, -0.1) is 0 Å². The first kappa shape index (κ1) is 8.62. The van der Waals surface area contributed by atoms with Crippen LogP contribution in [0.25, 0.3) is 11.5 Å². The van der Waals surface area contributed by atoms with Crippen molar-refractivity contribution in [3.63, 3.8) is 0 Å². The van der Waals surface area contributed by atoms with E-state index in [-0.39, 0.29) is 0 Å². The van der Waals surface area contributed by atoms with Crippen molar-refractivity contribution in [2.24, 2.45) is 0 Å². The van der Waals surface area contributed by atoms with Crippen LogP contribution in [-0.4, -0.2) is 22.1 Å². The van der Waals surface area contributed by atoms with Gasteiger partial charge >= 0.3 is 0 Å². The van der Waals surface area contributed by atoms with Crippen molar-refractivity contribution in [1.29, 1.82) is 0 Å². The third-order valence-electron chi connectivity index (χ3n) is 1.73. The number of pyridine rings is 1. The molecule has 0 amide bonds. The molecule has 0 spiro atoms. The van der Waals surface area contributed by atoms with Gasteiger partial charge in [-0.3, -0.25) is 0 Å². The molecule has 0 aliphatic carbocycles. The van der Waals surface area contributed by atoms with Gasteiger partial charge in [0.2, 0.25) is 5.88 Å². The molecule has 4 nitrogen and oxygen atoms in total. The first-order valence-corrected chi connectivity index (χ1v) is 4.18. The minimum atomic E-state index is 0.565. The lowest BCUT2D eigenvalue weighted by atomic mass is 10.3. The van der Waals surface area contributed by atoms with Gasteiger partial charge in [0, 0.05) is 18.5 Å². The van der Waals surface area contributed by atoms with E-state index in [2.05, 4.69) is 15.0 Å². The third-order valence-corrected chi connectivity index (χ3v) is 1.73. The number of hydrogen-bond acceptors (Lipinski definition) is 4. The van der Waals surface area contributed by atoms with E-state index in [1.54, 1.807) is 31.6 Å². The van der Waals surface area contributed by atoms with Gasteiger partial charge in [0.1, 0.15) is 5.69 Å². The summed E-state index contributed by atoms with van der Waals surface area (Å²) in [6.07, 6.45) is 3.37. The van der Waals surface area contributed by atoms with Crippen LogP contribution in [0.4, 0.5) is 0 Å². The lowest BCUT2D eigenvalue weighted by Crippen LogP contribution is -1.92. The van der Waals surface area contributed by atoms with Crippen LogP contribution < -0.4 is 4.74 Å². The molecule has 0 aliphatic rings. The second-order valence-electron chi connectivity index (χ2n) is 2.64. The van der Waals surface area contributed by atoms with Gasteiger partial charge < -0.3 is 4.74 Å². The average molecular weight is 187 g/mol. The van der Waals surface area contributed by atoms with Crippen LogP contribution in [0.5, 0.6) is 5.88 Å². The number of nitrogens with zero attached hydrogens (tertiary/aromatic N) is 3. The number of hydrogen-bond donors (Lipinski definition) is 0. The molecule has 0 radical (unpaired) electrons. The van der Waals surface area contributed by atoms with Crippen LogP contribution in [0.1, 0.15) is 0 Å². The Labute approximate surface area is 81.6 Å². The zero-order chi connectivity index (χ0) is 9.80. The number of rotatable bonds is 2. The topological polar surface area (TPSA) is 47.9 Å². The van der Waals surface area contributed by atoms with E-state index in [1.165, 1.54) is 0 Å². The minimum Gasteiger partial charge on any atom is -0.481 e. The Kier molecular flexibility index (Phi) is 2.36. The van der Waals surface area contributed by atoms with Gasteiger partial charge in [-0.05, 0) is 12.1 Å². The lowest BCUT2D eigenvalue weighted by Gasteiger charge is -2.00. The van der Waals surface area contributed by atoms with E-state index < -0.39 is 0 Å². The first-order valence-electron chi connectivity index (χ1n) is 4.18. The Morgan fingerprint density at radius 3 is 2.57 bits per heavy atom. The zero-order valence-electron chi connectivity index (χ0n) is 7.71. The molecule has 2 aromatic heterocycles. The van der Waals surface area contributed by atoms with Crippen LogP contribution in [0, 0.1) is 0 Å². The second-order valence-corrected chi connectivity index (χ2v) is 2.64. The fourth-order valence-electron chi connectivity index (χ4n) is 1.08. The standard InChI is InChI=1S/C10H9N3O/c1-14-9-5-2-4-8(13-9)10-11-6-3-7-12-10/h2-7H,1H3. The summed E-state index contributed by atoms with van der Waals surface area (Å²) in [5, 5.41) is 0. The van der Waals surface area contributed by atoms with E-state index in [1.807, 2.05) is 12.1 Å². The van der Waals surface area contributed by atoms with Crippen LogP contribution in [0.3, 0.4) is 0 Å². The van der Waals surface area contributed by atoms with E-state index in [0.29, 0.717) is 17.4 Å². The highest BCUT2D eigenvalue weighted by Gasteiger charge is 2.01. The number of aromatic nitrogens is 3. The number of ether oxygens (including phenoxy) is 1. The predicted octanol–water partition coefficient (Wildman–Crippen LogP) is 1.55. The Bertz CT molecular complexity index is 417. The molecule has 0 aromatic carbocycles. The van der Waals surface area contributed by atoms with Gasteiger partial charge in [-0.1, -0.05) is 6.07 Å². The Hall–Kier alpha value is -1.97. The van der Waals surface area contributed by atoms with Gasteiger partial charge in [0.25, 0.3) is 0 Å². The summed E-state index contributed by atoms with van der Waals surface area (Å²) in [6, 6.07) is 7.26. The largest absolute Gasteiger partial charge is 0.481 e. The van der Waals surface area contributed by atoms with Crippen molar-refractivity contribution < 1.29 is 4.74 Å². The van der Waals surface area contributed by atoms with Crippen molar-refractivity contribution in [2.75, 3.05) is 7.11 Å². The highest BCUT2D eigenvalue weighted by atomic mass is 16.5. The van der Waals surface area contributed by atoms with Gasteiger partial charge in [0.15, 0.2) is 5.82 Å². The molecular formula is C10H9N3O. The van der Waals surface area contributed by atoms with Crippen LogP contribution in [-0.2, 0) is 0 Å². The van der Waals surface area contributed by atoms with Gasteiger partial charge in [-0.25, -0.2) is 15.0 Å². The van der Waals surface area contributed by atoms with E-state index in [0.717, 1.165) is 0 Å². The Morgan fingerprint density at radius 2 is 1.86 bits per heavy atom. The summed E-state index contributed by atoms with van der Waals surface area (Å²) >= 11 is 0. The highest BCUT2D eigenvalue weighted by molar-refractivity contribution is 5.49. The molecule has 0 saturated carbocycles. The van der Waals surface area contributed by atoms with Gasteiger partial charge in [0.05, 0.1) is 7.11 Å². The lowest BCUT2D eigenvalue weighted by molar-refractivity contribution is 0.398. The molecule has 2 rings (SSSR count). The minimum absolute atomic E-state index is 0.565. The molecule has 2 heterocycles. The molecule has 0 atom stereocenters. The molecule has 70 valence electrons. The monoisotopic (exact) mass is 187 g/mol. The molecule has 0 N–H and O–H groups in total. The van der Waals surface area contributed by atoms with Crippen molar-refractivity contribution in [3.8, 4) is 17.4 Å². The third kappa shape index (κ3) is 1.69.